The van der Waals surface area contributed by atoms with E-state index < -0.39 is 0 Å². The molecular formula is C16H21NS. The minimum atomic E-state index is 0.433. The van der Waals surface area contributed by atoms with Gasteiger partial charge in [-0.1, -0.05) is 36.2 Å². The lowest BCUT2D eigenvalue weighted by Crippen LogP contribution is -2.22. The van der Waals surface area contributed by atoms with Crippen molar-refractivity contribution in [2.24, 2.45) is 0 Å². The molecule has 18 heavy (non-hydrogen) atoms. The number of aryl methyl sites for hydroxylation is 2. The van der Waals surface area contributed by atoms with E-state index in [9.17, 15) is 0 Å². The SMILES string of the molecule is CCNC(Cc1cc(C)cc(C)c1)c1ccsc1. The van der Waals surface area contributed by atoms with Gasteiger partial charge in [0.1, 0.15) is 0 Å². The van der Waals surface area contributed by atoms with Gasteiger partial charge in [-0.05, 0) is 54.8 Å². The lowest BCUT2D eigenvalue weighted by atomic mass is 9.98. The Morgan fingerprint density at radius 1 is 1.17 bits per heavy atom. The number of rotatable bonds is 5. The maximum atomic E-state index is 3.58. The monoisotopic (exact) mass is 259 g/mol. The zero-order chi connectivity index (χ0) is 13.0. The maximum absolute atomic E-state index is 3.58. The Labute approximate surface area is 114 Å². The molecule has 1 nitrogen and oxygen atoms in total. The molecule has 0 bridgehead atoms. The Bertz CT molecular complexity index is 468. The average molecular weight is 259 g/mol. The Kier molecular flexibility index (Phi) is 4.56. The van der Waals surface area contributed by atoms with Crippen LogP contribution in [0.25, 0.3) is 0 Å². The van der Waals surface area contributed by atoms with Crippen molar-refractivity contribution in [3.05, 3.63) is 57.3 Å². The molecule has 2 rings (SSSR count). The first-order valence-electron chi connectivity index (χ1n) is 6.51. The fourth-order valence-electron chi connectivity index (χ4n) is 2.45. The van der Waals surface area contributed by atoms with Gasteiger partial charge in [-0.3, -0.25) is 0 Å². The molecule has 1 atom stereocenters. The molecule has 1 aromatic heterocycles. The third kappa shape index (κ3) is 3.44. The number of hydrogen-bond donors (Lipinski definition) is 1. The second-order valence-corrected chi connectivity index (χ2v) is 5.65. The van der Waals surface area contributed by atoms with Gasteiger partial charge in [0, 0.05) is 6.04 Å². The smallest absolute Gasteiger partial charge is 0.0369 e. The van der Waals surface area contributed by atoms with E-state index in [1.807, 2.05) is 0 Å². The highest BCUT2D eigenvalue weighted by atomic mass is 32.1. The maximum Gasteiger partial charge on any atom is 0.0369 e. The zero-order valence-corrected chi connectivity index (χ0v) is 12.2. The van der Waals surface area contributed by atoms with Crippen LogP contribution >= 0.6 is 11.3 Å². The molecule has 0 aliphatic heterocycles. The quantitative estimate of drug-likeness (QED) is 0.846. The Hall–Kier alpha value is -1.12. The molecule has 1 heterocycles. The topological polar surface area (TPSA) is 12.0 Å². The largest absolute Gasteiger partial charge is 0.310 e. The molecule has 2 heteroatoms. The van der Waals surface area contributed by atoms with Crippen LogP contribution < -0.4 is 5.32 Å². The Balaban J connectivity index is 2.18. The third-order valence-corrected chi connectivity index (χ3v) is 3.82. The standard InChI is InChI=1S/C16H21NS/c1-4-17-16(15-5-6-18-11-15)10-14-8-12(2)7-13(3)9-14/h5-9,11,16-17H,4,10H2,1-3H3. The fraction of sp³-hybridized carbons (Fsp3) is 0.375. The first-order chi connectivity index (χ1) is 8.69. The van der Waals surface area contributed by atoms with E-state index in [4.69, 9.17) is 0 Å². The summed E-state index contributed by atoms with van der Waals surface area (Å²) in [6.07, 6.45) is 1.06. The van der Waals surface area contributed by atoms with E-state index in [0.717, 1.165) is 13.0 Å². The number of benzene rings is 1. The summed E-state index contributed by atoms with van der Waals surface area (Å²) < 4.78 is 0. The van der Waals surface area contributed by atoms with Crippen molar-refractivity contribution in [2.75, 3.05) is 6.54 Å². The molecule has 0 radical (unpaired) electrons. The summed E-state index contributed by atoms with van der Waals surface area (Å²) in [5.74, 6) is 0. The van der Waals surface area contributed by atoms with Gasteiger partial charge in [0.2, 0.25) is 0 Å². The van der Waals surface area contributed by atoms with Crippen molar-refractivity contribution in [2.45, 2.75) is 33.2 Å². The second kappa shape index (κ2) is 6.17. The van der Waals surface area contributed by atoms with Crippen LogP contribution in [-0.2, 0) is 6.42 Å². The summed E-state index contributed by atoms with van der Waals surface area (Å²) in [4.78, 5) is 0. The lowest BCUT2D eigenvalue weighted by Gasteiger charge is -2.17. The van der Waals surface area contributed by atoms with Gasteiger partial charge < -0.3 is 5.32 Å². The summed E-state index contributed by atoms with van der Waals surface area (Å²) >= 11 is 1.77. The molecule has 2 aromatic rings. The summed E-state index contributed by atoms with van der Waals surface area (Å²) in [5, 5.41) is 7.98. The molecule has 0 spiro atoms. The van der Waals surface area contributed by atoms with Crippen LogP contribution in [0.2, 0.25) is 0 Å². The number of likely N-dealkylation sites (N-methyl/N-ethyl adjacent to an activating group) is 1. The molecule has 1 unspecified atom stereocenters. The van der Waals surface area contributed by atoms with Gasteiger partial charge >= 0.3 is 0 Å². The van der Waals surface area contributed by atoms with Gasteiger partial charge in [0.25, 0.3) is 0 Å². The van der Waals surface area contributed by atoms with Crippen LogP contribution in [0.15, 0.2) is 35.0 Å². The lowest BCUT2D eigenvalue weighted by molar-refractivity contribution is 0.551. The molecule has 0 saturated carbocycles. The molecule has 0 fully saturated rings. The van der Waals surface area contributed by atoms with Crippen molar-refractivity contribution >= 4 is 11.3 Å². The minimum Gasteiger partial charge on any atom is -0.310 e. The van der Waals surface area contributed by atoms with Crippen molar-refractivity contribution in [3.8, 4) is 0 Å². The molecule has 0 amide bonds. The average Bonchev–Trinajstić information content (AvgIpc) is 2.80. The third-order valence-electron chi connectivity index (χ3n) is 3.12. The number of hydrogen-bond acceptors (Lipinski definition) is 2. The molecule has 1 N–H and O–H groups in total. The van der Waals surface area contributed by atoms with E-state index in [0.29, 0.717) is 6.04 Å². The van der Waals surface area contributed by atoms with E-state index in [-0.39, 0.29) is 0 Å². The van der Waals surface area contributed by atoms with Crippen molar-refractivity contribution in [1.29, 1.82) is 0 Å². The molecule has 0 aliphatic carbocycles. The highest BCUT2D eigenvalue weighted by Crippen LogP contribution is 2.22. The van der Waals surface area contributed by atoms with Gasteiger partial charge in [0.15, 0.2) is 0 Å². The number of thiophene rings is 1. The fourth-order valence-corrected chi connectivity index (χ4v) is 3.16. The number of nitrogens with one attached hydrogen (secondary N) is 1. The van der Waals surface area contributed by atoms with Gasteiger partial charge in [0.05, 0.1) is 0 Å². The molecule has 0 saturated heterocycles. The van der Waals surface area contributed by atoms with E-state index in [1.165, 1.54) is 22.3 Å². The van der Waals surface area contributed by atoms with Crippen LogP contribution in [0.3, 0.4) is 0 Å². The van der Waals surface area contributed by atoms with E-state index >= 15 is 0 Å². The van der Waals surface area contributed by atoms with Crippen molar-refractivity contribution < 1.29 is 0 Å². The molecule has 0 aliphatic rings. The molecule has 1 aromatic carbocycles. The zero-order valence-electron chi connectivity index (χ0n) is 11.4. The molecule has 96 valence electrons. The van der Waals surface area contributed by atoms with E-state index in [1.54, 1.807) is 11.3 Å². The summed E-state index contributed by atoms with van der Waals surface area (Å²) in [7, 11) is 0. The summed E-state index contributed by atoms with van der Waals surface area (Å²) in [5.41, 5.74) is 5.53. The van der Waals surface area contributed by atoms with Gasteiger partial charge in [-0.25, -0.2) is 0 Å². The highest BCUT2D eigenvalue weighted by Gasteiger charge is 2.11. The van der Waals surface area contributed by atoms with Crippen LogP contribution in [0.1, 0.15) is 35.2 Å². The van der Waals surface area contributed by atoms with E-state index in [2.05, 4.69) is 61.1 Å². The summed E-state index contributed by atoms with van der Waals surface area (Å²) in [6.45, 7) is 7.51. The summed E-state index contributed by atoms with van der Waals surface area (Å²) in [6, 6.07) is 9.48. The minimum absolute atomic E-state index is 0.433. The highest BCUT2D eigenvalue weighted by molar-refractivity contribution is 7.07. The Morgan fingerprint density at radius 3 is 2.44 bits per heavy atom. The van der Waals surface area contributed by atoms with Crippen LogP contribution in [-0.4, -0.2) is 6.54 Å². The van der Waals surface area contributed by atoms with Crippen LogP contribution in [0, 0.1) is 13.8 Å². The molecular weight excluding hydrogens is 238 g/mol. The Morgan fingerprint density at radius 2 is 1.89 bits per heavy atom. The second-order valence-electron chi connectivity index (χ2n) is 4.87. The normalized spacial score (nSPS) is 12.6. The van der Waals surface area contributed by atoms with Gasteiger partial charge in [-0.2, -0.15) is 11.3 Å². The first kappa shape index (κ1) is 13.3. The predicted octanol–water partition coefficient (Wildman–Crippen LogP) is 4.26. The van der Waals surface area contributed by atoms with Gasteiger partial charge in [-0.15, -0.1) is 0 Å². The van der Waals surface area contributed by atoms with Crippen molar-refractivity contribution in [3.63, 3.8) is 0 Å². The van der Waals surface area contributed by atoms with Crippen LogP contribution in [0.5, 0.6) is 0 Å². The first-order valence-corrected chi connectivity index (χ1v) is 7.46. The van der Waals surface area contributed by atoms with Crippen LogP contribution in [0.4, 0.5) is 0 Å². The predicted molar refractivity (Wildman–Crippen MR) is 80.4 cm³/mol. The van der Waals surface area contributed by atoms with Crippen molar-refractivity contribution in [1.82, 2.24) is 5.32 Å².